The van der Waals surface area contributed by atoms with Crippen LogP contribution in [0.4, 0.5) is 5.82 Å². The van der Waals surface area contributed by atoms with E-state index in [1.165, 1.54) is 14.1 Å². The highest BCUT2D eigenvalue weighted by Crippen LogP contribution is 2.41. The summed E-state index contributed by atoms with van der Waals surface area (Å²) in [6, 6.07) is 5.03. The maximum atomic E-state index is 12.7. The molecule has 2 aliphatic rings. The molecule has 0 aliphatic carbocycles. The lowest BCUT2D eigenvalue weighted by Crippen LogP contribution is -2.52. The Bertz CT molecular complexity index is 1010. The lowest BCUT2D eigenvalue weighted by atomic mass is 9.78. The fourth-order valence-electron chi connectivity index (χ4n) is 4.27. The molecule has 28 heavy (non-hydrogen) atoms. The predicted octanol–water partition coefficient (Wildman–Crippen LogP) is 0.199. The summed E-state index contributed by atoms with van der Waals surface area (Å²) in [5.74, 6) is 1.12. The van der Waals surface area contributed by atoms with E-state index < -0.39 is 10.2 Å². The smallest absolute Gasteiger partial charge is 0.279 e. The van der Waals surface area contributed by atoms with E-state index in [1.807, 2.05) is 6.07 Å². The van der Waals surface area contributed by atoms with Crippen LogP contribution in [0.5, 0.6) is 0 Å². The van der Waals surface area contributed by atoms with Crippen LogP contribution in [-0.2, 0) is 10.2 Å². The van der Waals surface area contributed by atoms with Gasteiger partial charge >= 0.3 is 0 Å². The van der Waals surface area contributed by atoms with Crippen molar-refractivity contribution in [1.82, 2.24) is 23.6 Å². The number of hydrogen-bond donors (Lipinski definition) is 1. The normalized spacial score (nSPS) is 24.2. The molecule has 10 heteroatoms. The van der Waals surface area contributed by atoms with Crippen LogP contribution in [0.1, 0.15) is 24.1 Å². The van der Waals surface area contributed by atoms with Crippen molar-refractivity contribution in [2.24, 2.45) is 5.92 Å². The van der Waals surface area contributed by atoms with Crippen LogP contribution in [0.25, 0.3) is 0 Å². The topological polar surface area (TPSA) is 100 Å². The zero-order valence-electron chi connectivity index (χ0n) is 15.9. The first kappa shape index (κ1) is 19.0. The van der Waals surface area contributed by atoms with Crippen LogP contribution in [0.2, 0.25) is 0 Å². The van der Waals surface area contributed by atoms with Crippen molar-refractivity contribution in [3.63, 3.8) is 0 Å². The number of fused-ring (bicyclic) bond motifs is 4. The first-order valence-corrected chi connectivity index (χ1v) is 10.7. The molecule has 3 atom stereocenters. The average molecular weight is 404 g/mol. The molecule has 4 heterocycles. The highest BCUT2D eigenvalue weighted by Gasteiger charge is 2.41. The van der Waals surface area contributed by atoms with Crippen molar-refractivity contribution >= 4 is 16.0 Å². The molecule has 1 saturated heterocycles. The minimum absolute atomic E-state index is 0.0887. The second-order valence-electron chi connectivity index (χ2n) is 7.52. The van der Waals surface area contributed by atoms with Gasteiger partial charge in [-0.05, 0) is 18.4 Å². The Morgan fingerprint density at radius 3 is 2.79 bits per heavy atom. The summed E-state index contributed by atoms with van der Waals surface area (Å²) >= 11 is 0. The quantitative estimate of drug-likeness (QED) is 0.764. The van der Waals surface area contributed by atoms with Gasteiger partial charge in [0.15, 0.2) is 0 Å². The highest BCUT2D eigenvalue weighted by atomic mass is 32.2. The SMILES string of the molecule is CN(C)S(=O)(=O)NC[C@H]1[C@H]2C[C@H](CN(c3cnccn3)C2)c2cccc(=O)n21. The molecule has 150 valence electrons. The van der Waals surface area contributed by atoms with Gasteiger partial charge in [0.05, 0.1) is 12.2 Å². The Morgan fingerprint density at radius 2 is 2.07 bits per heavy atom. The number of aromatic nitrogens is 3. The first-order valence-electron chi connectivity index (χ1n) is 9.26. The summed E-state index contributed by atoms with van der Waals surface area (Å²) in [5.41, 5.74) is 0.862. The molecule has 2 aromatic heterocycles. The monoisotopic (exact) mass is 404 g/mol. The van der Waals surface area contributed by atoms with Gasteiger partial charge in [-0.25, -0.2) is 9.71 Å². The molecule has 1 N–H and O–H groups in total. The van der Waals surface area contributed by atoms with Crippen molar-refractivity contribution in [2.75, 3.05) is 38.6 Å². The summed E-state index contributed by atoms with van der Waals surface area (Å²) in [4.78, 5) is 23.4. The minimum Gasteiger partial charge on any atom is -0.354 e. The average Bonchev–Trinajstić information content (AvgIpc) is 2.69. The third kappa shape index (κ3) is 3.43. The largest absolute Gasteiger partial charge is 0.354 e. The van der Waals surface area contributed by atoms with Gasteiger partial charge < -0.3 is 9.47 Å². The number of anilines is 1. The number of rotatable bonds is 5. The van der Waals surface area contributed by atoms with E-state index in [-0.39, 0.29) is 30.0 Å². The van der Waals surface area contributed by atoms with Crippen LogP contribution in [0, 0.1) is 5.92 Å². The molecule has 0 spiro atoms. The maximum absolute atomic E-state index is 12.7. The van der Waals surface area contributed by atoms with Crippen LogP contribution < -0.4 is 15.2 Å². The molecule has 0 unspecified atom stereocenters. The molecular weight excluding hydrogens is 380 g/mol. The van der Waals surface area contributed by atoms with Crippen molar-refractivity contribution in [3.05, 3.63) is 52.8 Å². The Kier molecular flexibility index (Phi) is 4.94. The predicted molar refractivity (Wildman–Crippen MR) is 105 cm³/mol. The van der Waals surface area contributed by atoms with Gasteiger partial charge in [-0.3, -0.25) is 9.78 Å². The van der Waals surface area contributed by atoms with E-state index in [0.29, 0.717) is 6.54 Å². The van der Waals surface area contributed by atoms with Crippen LogP contribution >= 0.6 is 0 Å². The highest BCUT2D eigenvalue weighted by molar-refractivity contribution is 7.87. The molecule has 0 amide bonds. The van der Waals surface area contributed by atoms with Gasteiger partial charge in [0, 0.05) is 63.8 Å². The maximum Gasteiger partial charge on any atom is 0.279 e. The molecule has 9 nitrogen and oxygen atoms in total. The molecule has 1 fully saturated rings. The lowest BCUT2D eigenvalue weighted by molar-refractivity contribution is 0.213. The molecule has 0 saturated carbocycles. The Hall–Kier alpha value is -2.30. The van der Waals surface area contributed by atoms with Crippen LogP contribution in [-0.4, -0.2) is 61.0 Å². The van der Waals surface area contributed by atoms with E-state index in [2.05, 4.69) is 19.6 Å². The van der Waals surface area contributed by atoms with Crippen molar-refractivity contribution in [1.29, 1.82) is 0 Å². The van der Waals surface area contributed by atoms with Gasteiger partial charge in [0.2, 0.25) is 0 Å². The number of nitrogens with zero attached hydrogens (tertiary/aromatic N) is 5. The molecule has 2 bridgehead atoms. The number of nitrogens with one attached hydrogen (secondary N) is 1. The third-order valence-electron chi connectivity index (χ3n) is 5.63. The number of piperidine rings is 1. The van der Waals surface area contributed by atoms with E-state index in [9.17, 15) is 13.2 Å². The van der Waals surface area contributed by atoms with Crippen LogP contribution in [0.15, 0.2) is 41.6 Å². The summed E-state index contributed by atoms with van der Waals surface area (Å²) in [6.45, 7) is 1.63. The number of pyridine rings is 1. The van der Waals surface area contributed by atoms with Crippen molar-refractivity contribution in [2.45, 2.75) is 18.4 Å². The summed E-state index contributed by atoms with van der Waals surface area (Å²) in [6.07, 6.45) is 5.96. The zero-order valence-corrected chi connectivity index (χ0v) is 16.7. The summed E-state index contributed by atoms with van der Waals surface area (Å²) in [7, 11) is -0.610. The Morgan fingerprint density at radius 1 is 1.25 bits per heavy atom. The summed E-state index contributed by atoms with van der Waals surface area (Å²) in [5, 5.41) is 0. The zero-order chi connectivity index (χ0) is 19.9. The number of hydrogen-bond acceptors (Lipinski definition) is 6. The Labute approximate surface area is 164 Å². The Balaban J connectivity index is 1.69. The second kappa shape index (κ2) is 7.26. The van der Waals surface area contributed by atoms with Gasteiger partial charge in [-0.15, -0.1) is 0 Å². The van der Waals surface area contributed by atoms with E-state index in [4.69, 9.17) is 0 Å². The van der Waals surface area contributed by atoms with Crippen molar-refractivity contribution in [3.8, 4) is 0 Å². The second-order valence-corrected chi connectivity index (χ2v) is 9.49. The fourth-order valence-corrected chi connectivity index (χ4v) is 4.91. The first-order chi connectivity index (χ1) is 13.4. The molecular formula is C18H24N6O3S. The third-order valence-corrected chi connectivity index (χ3v) is 7.12. The van der Waals surface area contributed by atoms with Gasteiger partial charge in [-0.1, -0.05) is 6.07 Å². The van der Waals surface area contributed by atoms with Gasteiger partial charge in [-0.2, -0.15) is 12.7 Å². The minimum atomic E-state index is -3.57. The fraction of sp³-hybridized carbons (Fsp3) is 0.500. The van der Waals surface area contributed by atoms with E-state index in [1.54, 1.807) is 35.3 Å². The standard InChI is InChI=1S/C18H24N6O3S/c1-22(2)28(26,27)21-9-16-14-8-13(15-4-3-5-18(25)24(15)16)11-23(12-14)17-10-19-6-7-20-17/h3-7,10,13-14,16,21H,8-9,11-12H2,1-2H3/t13-,14+,16+/m1/s1. The molecule has 2 aromatic rings. The lowest BCUT2D eigenvalue weighted by Gasteiger charge is -2.47. The van der Waals surface area contributed by atoms with Crippen molar-refractivity contribution < 1.29 is 8.42 Å². The van der Waals surface area contributed by atoms with E-state index >= 15 is 0 Å². The summed E-state index contributed by atoms with van der Waals surface area (Å²) < 4.78 is 30.0. The molecule has 4 rings (SSSR count). The van der Waals surface area contributed by atoms with Crippen LogP contribution in [0.3, 0.4) is 0 Å². The van der Waals surface area contributed by atoms with E-state index in [0.717, 1.165) is 28.8 Å². The van der Waals surface area contributed by atoms with Gasteiger partial charge in [0.25, 0.3) is 15.8 Å². The molecule has 0 radical (unpaired) electrons. The molecule has 0 aromatic carbocycles. The molecule has 2 aliphatic heterocycles. The van der Waals surface area contributed by atoms with Gasteiger partial charge in [0.1, 0.15) is 5.82 Å².